The average Bonchev–Trinajstić information content (AvgIpc) is 3.60. The van der Waals surface area contributed by atoms with Gasteiger partial charge in [0.15, 0.2) is 0 Å². The molecule has 1 aliphatic carbocycles. The van der Waals surface area contributed by atoms with Crippen LogP contribution < -0.4 is 4.74 Å². The molecule has 2 aliphatic heterocycles. The molecule has 30 heavy (non-hydrogen) atoms. The summed E-state index contributed by atoms with van der Waals surface area (Å²) >= 11 is 0. The number of hydrogen-bond donors (Lipinski definition) is 0. The summed E-state index contributed by atoms with van der Waals surface area (Å²) in [5, 5.41) is 0. The summed E-state index contributed by atoms with van der Waals surface area (Å²) in [6.45, 7) is 1.60. The summed E-state index contributed by atoms with van der Waals surface area (Å²) in [6, 6.07) is 15.9. The first-order valence-electron chi connectivity index (χ1n) is 10.7. The number of para-hydroxylation sites is 1. The van der Waals surface area contributed by atoms with Gasteiger partial charge in [-0.15, -0.1) is 0 Å². The largest absolute Gasteiger partial charge is 0.487 e. The van der Waals surface area contributed by atoms with Crippen molar-refractivity contribution in [3.8, 4) is 5.75 Å². The number of nitrogens with zero attached hydrogens (tertiary/aromatic N) is 2. The van der Waals surface area contributed by atoms with Gasteiger partial charge >= 0.3 is 0 Å². The Morgan fingerprint density at radius 2 is 1.63 bits per heavy atom. The highest BCUT2D eigenvalue weighted by Crippen LogP contribution is 2.39. The lowest BCUT2D eigenvalue weighted by Crippen LogP contribution is -2.48. The van der Waals surface area contributed by atoms with Gasteiger partial charge in [0.25, 0.3) is 5.91 Å². The van der Waals surface area contributed by atoms with Crippen LogP contribution in [-0.2, 0) is 10.0 Å². The Kier molecular flexibility index (Phi) is 5.03. The first kappa shape index (κ1) is 19.6. The van der Waals surface area contributed by atoms with Crippen LogP contribution in [0, 0.1) is 5.92 Å². The van der Waals surface area contributed by atoms with E-state index in [1.54, 1.807) is 22.5 Å². The van der Waals surface area contributed by atoms with Crippen molar-refractivity contribution in [2.24, 2.45) is 5.92 Å². The molecular weight excluding hydrogens is 400 g/mol. The summed E-state index contributed by atoms with van der Waals surface area (Å²) in [4.78, 5) is 15.1. The number of fused-ring (bicyclic) bond motifs is 2. The molecule has 3 aliphatic rings. The highest BCUT2D eigenvalue weighted by molar-refractivity contribution is 7.89. The first-order valence-corrected chi connectivity index (χ1v) is 12.1. The van der Waals surface area contributed by atoms with E-state index in [4.69, 9.17) is 4.74 Å². The van der Waals surface area contributed by atoms with Crippen LogP contribution in [0.3, 0.4) is 0 Å². The van der Waals surface area contributed by atoms with E-state index < -0.39 is 10.0 Å². The molecule has 0 aromatic heterocycles. The Hall–Kier alpha value is -2.38. The molecule has 0 unspecified atom stereocenters. The lowest BCUT2D eigenvalue weighted by molar-refractivity contribution is 0.0755. The fraction of sp³-hybridized carbons (Fsp3) is 0.435. The van der Waals surface area contributed by atoms with E-state index in [9.17, 15) is 13.2 Å². The van der Waals surface area contributed by atoms with Gasteiger partial charge in [0.05, 0.1) is 6.04 Å². The molecule has 2 fully saturated rings. The number of amides is 1. The Bertz CT molecular complexity index is 1040. The second-order valence-electron chi connectivity index (χ2n) is 8.42. The van der Waals surface area contributed by atoms with Gasteiger partial charge in [-0.2, -0.15) is 4.31 Å². The topological polar surface area (TPSA) is 66.9 Å². The van der Waals surface area contributed by atoms with E-state index in [1.165, 1.54) is 0 Å². The Morgan fingerprint density at radius 3 is 2.40 bits per heavy atom. The van der Waals surface area contributed by atoms with Gasteiger partial charge in [-0.05, 0) is 49.4 Å². The maximum absolute atomic E-state index is 13.6. The van der Waals surface area contributed by atoms with E-state index in [0.717, 1.165) is 12.8 Å². The normalized spacial score (nSPS) is 25.9. The molecular formula is C23H26N2O4S. The van der Waals surface area contributed by atoms with Crippen molar-refractivity contribution < 1.29 is 17.9 Å². The van der Waals surface area contributed by atoms with Gasteiger partial charge in [-0.25, -0.2) is 8.42 Å². The zero-order chi connectivity index (χ0) is 20.7. The summed E-state index contributed by atoms with van der Waals surface area (Å²) in [5.74, 6) is 0.841. The smallest absolute Gasteiger partial charge is 0.253 e. The quantitative estimate of drug-likeness (QED) is 0.756. The second kappa shape index (κ2) is 7.71. The lowest BCUT2D eigenvalue weighted by atomic mass is 10.1. The molecule has 2 atom stereocenters. The van der Waals surface area contributed by atoms with Crippen LogP contribution in [0.15, 0.2) is 59.5 Å². The number of ether oxygens (including phenoxy) is 1. The molecule has 158 valence electrons. The van der Waals surface area contributed by atoms with E-state index in [1.807, 2.05) is 41.3 Å². The Balaban J connectivity index is 1.46. The number of rotatable bonds is 3. The second-order valence-corrected chi connectivity index (χ2v) is 10.3. The predicted octanol–water partition coefficient (Wildman–Crippen LogP) is 3.15. The van der Waals surface area contributed by atoms with Crippen molar-refractivity contribution in [1.29, 1.82) is 0 Å². The first-order chi connectivity index (χ1) is 14.5. The zero-order valence-electron chi connectivity index (χ0n) is 16.8. The third-order valence-corrected chi connectivity index (χ3v) is 8.26. The number of benzene rings is 2. The van der Waals surface area contributed by atoms with Crippen LogP contribution in [-0.4, -0.2) is 55.3 Å². The molecule has 1 saturated carbocycles. The molecule has 6 nitrogen and oxygen atoms in total. The maximum atomic E-state index is 13.6. The maximum Gasteiger partial charge on any atom is 0.253 e. The Labute approximate surface area is 177 Å². The molecule has 0 bridgehead atoms. The van der Waals surface area contributed by atoms with Gasteiger partial charge in [-0.1, -0.05) is 30.3 Å². The van der Waals surface area contributed by atoms with Crippen LogP contribution in [0.4, 0.5) is 0 Å². The van der Waals surface area contributed by atoms with Crippen molar-refractivity contribution >= 4 is 15.9 Å². The SMILES string of the molecule is O=C(c1ccccc1)N1CC[C@@H]2Oc3ccccc3S(=O)(=O)N(CC3CC3)[C@H]2CC1. The van der Waals surface area contributed by atoms with E-state index in [2.05, 4.69) is 0 Å². The molecule has 0 N–H and O–H groups in total. The Morgan fingerprint density at radius 1 is 0.933 bits per heavy atom. The number of sulfonamides is 1. The zero-order valence-corrected chi connectivity index (χ0v) is 17.6. The highest BCUT2D eigenvalue weighted by Gasteiger charge is 2.45. The lowest BCUT2D eigenvalue weighted by Gasteiger charge is -2.31. The summed E-state index contributed by atoms with van der Waals surface area (Å²) in [6.07, 6.45) is 3.06. The van der Waals surface area contributed by atoms with Gasteiger partial charge in [0.1, 0.15) is 16.7 Å². The average molecular weight is 427 g/mol. The number of likely N-dealkylation sites (tertiary alicyclic amines) is 1. The molecule has 1 amide bonds. The molecule has 2 aromatic carbocycles. The minimum atomic E-state index is -3.65. The monoisotopic (exact) mass is 426 g/mol. The van der Waals surface area contributed by atoms with Crippen LogP contribution in [0.5, 0.6) is 5.75 Å². The van der Waals surface area contributed by atoms with Crippen LogP contribution >= 0.6 is 0 Å². The molecule has 2 aromatic rings. The highest BCUT2D eigenvalue weighted by atomic mass is 32.2. The van der Waals surface area contributed by atoms with Gasteiger partial charge in [0.2, 0.25) is 10.0 Å². The third-order valence-electron chi connectivity index (χ3n) is 6.33. The number of carbonyl (C=O) groups is 1. The molecule has 1 saturated heterocycles. The fourth-order valence-electron chi connectivity index (χ4n) is 4.51. The standard InChI is InChI=1S/C23H26N2O4S/c26-23(18-6-2-1-3-7-18)24-14-12-19-20(13-15-24)29-21-8-4-5-9-22(21)30(27,28)25(19)16-17-10-11-17/h1-9,17,19-20H,10-16H2/t19-,20-/m0/s1. The van der Waals surface area contributed by atoms with Crippen molar-refractivity contribution in [3.05, 3.63) is 60.2 Å². The molecule has 2 heterocycles. The minimum Gasteiger partial charge on any atom is -0.487 e. The molecule has 0 radical (unpaired) electrons. The molecule has 7 heteroatoms. The van der Waals surface area contributed by atoms with E-state index in [0.29, 0.717) is 49.7 Å². The summed E-state index contributed by atoms with van der Waals surface area (Å²) < 4.78 is 35.1. The van der Waals surface area contributed by atoms with Crippen LogP contribution in [0.1, 0.15) is 36.0 Å². The van der Waals surface area contributed by atoms with Crippen LogP contribution in [0.25, 0.3) is 0 Å². The minimum absolute atomic E-state index is 0.0101. The van der Waals surface area contributed by atoms with Crippen LogP contribution in [0.2, 0.25) is 0 Å². The van der Waals surface area contributed by atoms with Crippen molar-refractivity contribution in [3.63, 3.8) is 0 Å². The van der Waals surface area contributed by atoms with E-state index >= 15 is 0 Å². The summed E-state index contributed by atoms with van der Waals surface area (Å²) in [7, 11) is -3.65. The van der Waals surface area contributed by atoms with Gasteiger partial charge < -0.3 is 9.64 Å². The van der Waals surface area contributed by atoms with Crippen molar-refractivity contribution in [2.45, 2.75) is 42.7 Å². The number of hydrogen-bond acceptors (Lipinski definition) is 4. The molecule has 0 spiro atoms. The third kappa shape index (κ3) is 3.61. The fourth-order valence-corrected chi connectivity index (χ4v) is 6.39. The van der Waals surface area contributed by atoms with Crippen molar-refractivity contribution in [1.82, 2.24) is 9.21 Å². The van der Waals surface area contributed by atoms with Crippen molar-refractivity contribution in [2.75, 3.05) is 19.6 Å². The number of carbonyl (C=O) groups excluding carboxylic acids is 1. The molecule has 5 rings (SSSR count). The summed E-state index contributed by atoms with van der Waals surface area (Å²) in [5.41, 5.74) is 0.660. The van der Waals surface area contributed by atoms with E-state index in [-0.39, 0.29) is 22.9 Å². The van der Waals surface area contributed by atoms with Gasteiger partial charge in [0, 0.05) is 31.6 Å². The van der Waals surface area contributed by atoms with Gasteiger partial charge in [-0.3, -0.25) is 4.79 Å². The predicted molar refractivity (Wildman–Crippen MR) is 113 cm³/mol.